The molecule has 0 saturated heterocycles. The predicted octanol–water partition coefficient (Wildman–Crippen LogP) is 6.26. The zero-order chi connectivity index (χ0) is 25.1. The van der Waals surface area contributed by atoms with Crippen LogP contribution >= 0.6 is 0 Å². The Morgan fingerprint density at radius 1 is 1.06 bits per heavy atom. The third-order valence-electron chi connectivity index (χ3n) is 5.95. The highest BCUT2D eigenvalue weighted by Crippen LogP contribution is 2.36. The number of carbonyl (C=O) groups excluding carboxylic acids is 1. The fourth-order valence-corrected chi connectivity index (χ4v) is 6.58. The van der Waals surface area contributed by atoms with Crippen LogP contribution in [0.3, 0.4) is 0 Å². The van der Waals surface area contributed by atoms with E-state index < -0.39 is 18.1 Å². The van der Waals surface area contributed by atoms with Crippen molar-refractivity contribution in [3.8, 4) is 11.1 Å². The topological polar surface area (TPSA) is 80.5 Å². The molecule has 0 fully saturated rings. The molecular weight excluding hydrogens is 464 g/mol. The highest BCUT2D eigenvalue weighted by Gasteiger charge is 2.33. The molecule has 0 unspecified atom stereocenters. The molecule has 3 aromatic rings. The summed E-state index contributed by atoms with van der Waals surface area (Å²) in [4.78, 5) is 11.6. The van der Waals surface area contributed by atoms with Gasteiger partial charge in [0.25, 0.3) is 10.0 Å². The highest BCUT2D eigenvalue weighted by atomic mass is 32.2. The van der Waals surface area contributed by atoms with Crippen LogP contribution in [0.5, 0.6) is 0 Å². The number of aryl methyl sites for hydroxylation is 2. The molecular formula is C26H34N2O4SSi. The quantitative estimate of drug-likeness (QED) is 0.243. The Labute approximate surface area is 204 Å². The van der Waals surface area contributed by atoms with Gasteiger partial charge in [0.2, 0.25) is 5.88 Å². The van der Waals surface area contributed by atoms with Gasteiger partial charge in [-0.05, 0) is 49.6 Å². The Morgan fingerprint density at radius 2 is 1.76 bits per heavy atom. The van der Waals surface area contributed by atoms with Gasteiger partial charge in [0, 0.05) is 31.3 Å². The van der Waals surface area contributed by atoms with Crippen LogP contribution in [-0.2, 0) is 16.4 Å². The van der Waals surface area contributed by atoms with Gasteiger partial charge in [0.15, 0.2) is 0 Å². The molecule has 0 radical (unpaired) electrons. The van der Waals surface area contributed by atoms with E-state index in [4.69, 9.17) is 4.52 Å². The molecule has 0 aliphatic heterocycles. The molecule has 8 heteroatoms. The minimum absolute atomic E-state index is 0.218. The van der Waals surface area contributed by atoms with E-state index in [9.17, 15) is 13.2 Å². The second-order valence-electron chi connectivity index (χ2n) is 9.87. The highest BCUT2D eigenvalue weighted by molar-refractivity contribution is 7.93. The molecule has 0 aliphatic carbocycles. The summed E-state index contributed by atoms with van der Waals surface area (Å²) in [5, 5.41) is 4.02. The van der Waals surface area contributed by atoms with Gasteiger partial charge in [0.05, 0.1) is 10.6 Å². The lowest BCUT2D eigenvalue weighted by Crippen LogP contribution is -2.36. The molecule has 0 spiro atoms. The molecule has 3 rings (SSSR count). The number of benzene rings is 2. The molecule has 6 nitrogen and oxygen atoms in total. The van der Waals surface area contributed by atoms with E-state index in [1.165, 1.54) is 4.31 Å². The van der Waals surface area contributed by atoms with Crippen molar-refractivity contribution in [3.63, 3.8) is 0 Å². The van der Waals surface area contributed by atoms with Crippen LogP contribution in [0.15, 0.2) is 51.9 Å². The van der Waals surface area contributed by atoms with Crippen molar-refractivity contribution in [1.82, 2.24) is 5.16 Å². The lowest BCUT2D eigenvalue weighted by atomic mass is 9.95. The van der Waals surface area contributed by atoms with Crippen molar-refractivity contribution in [2.75, 3.05) is 10.8 Å². The van der Waals surface area contributed by atoms with Crippen LogP contribution in [0, 0.1) is 13.8 Å². The molecule has 182 valence electrons. The minimum atomic E-state index is -3.96. The molecule has 0 bridgehead atoms. The van der Waals surface area contributed by atoms with E-state index in [0.717, 1.165) is 41.9 Å². The summed E-state index contributed by atoms with van der Waals surface area (Å²) in [6.45, 7) is 12.7. The van der Waals surface area contributed by atoms with Gasteiger partial charge in [0.1, 0.15) is 6.29 Å². The Hall–Kier alpha value is -2.71. The fourth-order valence-electron chi connectivity index (χ4n) is 3.86. The predicted molar refractivity (Wildman–Crippen MR) is 140 cm³/mol. The first-order chi connectivity index (χ1) is 16.0. The monoisotopic (exact) mass is 498 g/mol. The maximum absolute atomic E-state index is 14.2. The molecule has 0 N–H and O–H groups in total. The minimum Gasteiger partial charge on any atom is -0.337 e. The Morgan fingerprint density at radius 3 is 2.35 bits per heavy atom. The SMILES string of the molecule is CCCc1cc(C=O)ccc1-c1ccccc1S(=O)(=O)N(CC[Si](C)(C)C)c1onc(C)c1C. The van der Waals surface area contributed by atoms with Crippen LogP contribution in [-0.4, -0.2) is 34.5 Å². The van der Waals surface area contributed by atoms with Crippen LogP contribution in [0.2, 0.25) is 25.7 Å². The third kappa shape index (κ3) is 5.50. The van der Waals surface area contributed by atoms with Gasteiger partial charge in [-0.1, -0.05) is 68.5 Å². The number of hydrogen-bond donors (Lipinski definition) is 0. The molecule has 1 aromatic heterocycles. The van der Waals surface area contributed by atoms with Gasteiger partial charge in [-0.25, -0.2) is 12.7 Å². The summed E-state index contributed by atoms with van der Waals surface area (Å²) in [6.07, 6.45) is 2.44. The molecule has 0 aliphatic rings. The number of sulfonamides is 1. The van der Waals surface area contributed by atoms with Crippen molar-refractivity contribution in [3.05, 3.63) is 64.8 Å². The molecule has 34 heavy (non-hydrogen) atoms. The van der Waals surface area contributed by atoms with Crippen LogP contribution in [0.1, 0.15) is 40.5 Å². The average Bonchev–Trinajstić information content (AvgIpc) is 3.11. The van der Waals surface area contributed by atoms with Crippen molar-refractivity contribution in [2.45, 2.75) is 64.2 Å². The van der Waals surface area contributed by atoms with Crippen LogP contribution < -0.4 is 4.31 Å². The first-order valence-electron chi connectivity index (χ1n) is 11.6. The maximum Gasteiger partial charge on any atom is 0.267 e. The Kier molecular flexibility index (Phi) is 7.83. The standard InChI is InChI=1S/C26H34N2O4SSi/c1-7-10-22-17-21(18-29)13-14-23(22)24-11-8-9-12-25(24)33(30,31)28(15-16-34(4,5)6)26-19(2)20(3)27-32-26/h8-9,11-14,17-18H,7,10,15-16H2,1-6H3. The average molecular weight is 499 g/mol. The van der Waals surface area contributed by atoms with Crippen molar-refractivity contribution >= 4 is 30.3 Å². The van der Waals surface area contributed by atoms with Crippen LogP contribution in [0.4, 0.5) is 5.88 Å². The third-order valence-corrected chi connectivity index (χ3v) is 9.52. The maximum atomic E-state index is 14.2. The number of aldehydes is 1. The van der Waals surface area contributed by atoms with E-state index in [-0.39, 0.29) is 10.8 Å². The number of carbonyl (C=O) groups is 1. The smallest absolute Gasteiger partial charge is 0.267 e. The number of hydrogen-bond acceptors (Lipinski definition) is 5. The molecule has 2 aromatic carbocycles. The Balaban J connectivity index is 2.20. The van der Waals surface area contributed by atoms with Crippen molar-refractivity contribution in [2.24, 2.45) is 0 Å². The number of nitrogens with zero attached hydrogens (tertiary/aromatic N) is 2. The van der Waals surface area contributed by atoms with Gasteiger partial charge in [-0.3, -0.25) is 4.79 Å². The van der Waals surface area contributed by atoms with Crippen molar-refractivity contribution in [1.29, 1.82) is 0 Å². The normalized spacial score (nSPS) is 12.1. The second-order valence-corrected chi connectivity index (χ2v) is 17.3. The van der Waals surface area contributed by atoms with Gasteiger partial charge < -0.3 is 4.52 Å². The van der Waals surface area contributed by atoms with E-state index in [2.05, 4.69) is 31.7 Å². The largest absolute Gasteiger partial charge is 0.337 e. The lowest BCUT2D eigenvalue weighted by Gasteiger charge is -2.26. The van der Waals surface area contributed by atoms with E-state index in [1.807, 2.05) is 38.1 Å². The van der Waals surface area contributed by atoms with Gasteiger partial charge in [-0.15, -0.1) is 0 Å². The zero-order valence-electron chi connectivity index (χ0n) is 20.9. The first-order valence-corrected chi connectivity index (χ1v) is 16.8. The van der Waals surface area contributed by atoms with E-state index in [0.29, 0.717) is 23.4 Å². The summed E-state index contributed by atoms with van der Waals surface area (Å²) in [5.74, 6) is 0.274. The summed E-state index contributed by atoms with van der Waals surface area (Å²) < 4.78 is 35.3. The number of rotatable bonds is 10. The second kappa shape index (κ2) is 10.3. The summed E-state index contributed by atoms with van der Waals surface area (Å²) >= 11 is 0. The Bertz CT molecular complexity index is 1280. The molecule has 0 saturated carbocycles. The lowest BCUT2D eigenvalue weighted by molar-refractivity contribution is 0.112. The fraction of sp³-hybridized carbons (Fsp3) is 0.385. The van der Waals surface area contributed by atoms with E-state index in [1.54, 1.807) is 18.2 Å². The van der Waals surface area contributed by atoms with Crippen LogP contribution in [0.25, 0.3) is 11.1 Å². The summed E-state index contributed by atoms with van der Waals surface area (Å²) in [6, 6.07) is 13.3. The van der Waals surface area contributed by atoms with Gasteiger partial charge in [-0.2, -0.15) is 0 Å². The van der Waals surface area contributed by atoms with Gasteiger partial charge >= 0.3 is 0 Å². The number of anilines is 1. The zero-order valence-corrected chi connectivity index (χ0v) is 22.7. The number of aromatic nitrogens is 1. The molecule has 0 atom stereocenters. The van der Waals surface area contributed by atoms with E-state index >= 15 is 0 Å². The molecule has 1 heterocycles. The first kappa shape index (κ1) is 25.9. The summed E-state index contributed by atoms with van der Waals surface area (Å²) in [7, 11) is -5.51. The van der Waals surface area contributed by atoms with Crippen molar-refractivity contribution < 1.29 is 17.7 Å². The molecule has 0 amide bonds. The summed E-state index contributed by atoms with van der Waals surface area (Å²) in [5.41, 5.74) is 4.37.